The molecule has 1 aliphatic rings. The molecule has 0 aliphatic carbocycles. The first-order valence-corrected chi connectivity index (χ1v) is 8.11. The minimum absolute atomic E-state index is 0. The van der Waals surface area contributed by atoms with E-state index in [0.717, 1.165) is 38.2 Å². The first-order chi connectivity index (χ1) is 10.3. The van der Waals surface area contributed by atoms with Crippen molar-refractivity contribution < 1.29 is 9.32 Å². The minimum Gasteiger partial charge on any atom is -0.341 e. The lowest BCUT2D eigenvalue weighted by atomic mass is 10.2. The second-order valence-electron chi connectivity index (χ2n) is 5.01. The molecule has 120 valence electrons. The van der Waals surface area contributed by atoms with E-state index in [1.165, 1.54) is 0 Å². The highest BCUT2D eigenvalue weighted by molar-refractivity contribution is 7.08. The predicted molar refractivity (Wildman–Crippen MR) is 87.2 cm³/mol. The molecule has 3 heterocycles. The Morgan fingerprint density at radius 1 is 1.41 bits per heavy atom. The summed E-state index contributed by atoms with van der Waals surface area (Å²) < 4.78 is 5.21. The van der Waals surface area contributed by atoms with Gasteiger partial charge in [0.2, 0.25) is 17.6 Å². The van der Waals surface area contributed by atoms with Gasteiger partial charge in [-0.15, -0.1) is 12.4 Å². The number of carbonyl (C=O) groups is 1. The zero-order valence-corrected chi connectivity index (χ0v) is 13.8. The number of rotatable bonds is 4. The smallest absolute Gasteiger partial charge is 0.227 e. The first-order valence-electron chi connectivity index (χ1n) is 7.16. The molecule has 1 aliphatic heterocycles. The van der Waals surface area contributed by atoms with Gasteiger partial charge in [-0.05, 0) is 24.4 Å². The lowest BCUT2D eigenvalue weighted by Crippen LogP contribution is -2.34. The number of amides is 1. The number of thiophene rings is 1. The number of nitrogens with one attached hydrogen (secondary N) is 1. The molecule has 2 aromatic heterocycles. The van der Waals surface area contributed by atoms with Crippen LogP contribution in [0.5, 0.6) is 0 Å². The molecule has 1 N–H and O–H groups in total. The van der Waals surface area contributed by atoms with E-state index in [1.807, 2.05) is 21.7 Å². The molecule has 22 heavy (non-hydrogen) atoms. The fraction of sp³-hybridized carbons (Fsp3) is 0.500. The van der Waals surface area contributed by atoms with Crippen LogP contribution in [0.3, 0.4) is 0 Å². The quantitative estimate of drug-likeness (QED) is 0.919. The SMILES string of the molecule is Cl.O=C(CCc1nc(-c2ccsc2)no1)N1CCCNCC1. The van der Waals surface area contributed by atoms with E-state index in [1.54, 1.807) is 11.3 Å². The summed E-state index contributed by atoms with van der Waals surface area (Å²) in [5.74, 6) is 1.28. The maximum absolute atomic E-state index is 12.2. The predicted octanol–water partition coefficient (Wildman–Crippen LogP) is 1.97. The van der Waals surface area contributed by atoms with E-state index >= 15 is 0 Å². The van der Waals surface area contributed by atoms with Gasteiger partial charge in [-0.3, -0.25) is 4.79 Å². The van der Waals surface area contributed by atoms with E-state index in [4.69, 9.17) is 4.52 Å². The molecular weight excluding hydrogens is 324 g/mol. The Morgan fingerprint density at radius 3 is 3.14 bits per heavy atom. The lowest BCUT2D eigenvalue weighted by Gasteiger charge is -2.19. The van der Waals surface area contributed by atoms with Gasteiger partial charge in [-0.1, -0.05) is 5.16 Å². The van der Waals surface area contributed by atoms with Gasteiger partial charge < -0.3 is 14.7 Å². The van der Waals surface area contributed by atoms with Crippen molar-refractivity contribution in [1.29, 1.82) is 0 Å². The van der Waals surface area contributed by atoms with Crippen molar-refractivity contribution in [2.24, 2.45) is 0 Å². The summed E-state index contributed by atoms with van der Waals surface area (Å²) in [6.07, 6.45) is 1.93. The molecule has 8 heteroatoms. The zero-order valence-electron chi connectivity index (χ0n) is 12.2. The fourth-order valence-corrected chi connectivity index (χ4v) is 2.97. The molecule has 1 saturated heterocycles. The van der Waals surface area contributed by atoms with E-state index in [-0.39, 0.29) is 18.3 Å². The second kappa shape index (κ2) is 8.26. The molecule has 0 radical (unpaired) electrons. The molecular formula is C14H19ClN4O2S. The van der Waals surface area contributed by atoms with Crippen LogP contribution in [0.25, 0.3) is 11.4 Å². The molecule has 0 spiro atoms. The van der Waals surface area contributed by atoms with Crippen molar-refractivity contribution >= 4 is 29.7 Å². The Bertz CT molecular complexity index is 579. The number of nitrogens with zero attached hydrogens (tertiary/aromatic N) is 3. The Kier molecular flexibility index (Phi) is 6.35. The van der Waals surface area contributed by atoms with E-state index in [2.05, 4.69) is 15.5 Å². The standard InChI is InChI=1S/C14H18N4O2S.ClH/c19-13(18-7-1-5-15-6-8-18)3-2-12-16-14(17-20-12)11-4-9-21-10-11;/h4,9-10,15H,1-3,5-8H2;1H. The van der Waals surface area contributed by atoms with Gasteiger partial charge in [-0.25, -0.2) is 0 Å². The molecule has 0 atom stereocenters. The minimum atomic E-state index is 0. The van der Waals surface area contributed by atoms with Crippen LogP contribution in [0.2, 0.25) is 0 Å². The molecule has 0 saturated carbocycles. The van der Waals surface area contributed by atoms with Crippen LogP contribution in [-0.2, 0) is 11.2 Å². The summed E-state index contributed by atoms with van der Waals surface area (Å²) >= 11 is 1.59. The van der Waals surface area contributed by atoms with E-state index < -0.39 is 0 Å². The summed E-state index contributed by atoms with van der Waals surface area (Å²) in [4.78, 5) is 18.4. The Hall–Kier alpha value is -1.44. The van der Waals surface area contributed by atoms with Gasteiger partial charge in [0.15, 0.2) is 0 Å². The zero-order chi connectivity index (χ0) is 14.5. The monoisotopic (exact) mass is 342 g/mol. The summed E-state index contributed by atoms with van der Waals surface area (Å²) in [6, 6.07) is 1.95. The van der Waals surface area contributed by atoms with Crippen molar-refractivity contribution in [2.75, 3.05) is 26.2 Å². The van der Waals surface area contributed by atoms with Crippen LogP contribution in [0.15, 0.2) is 21.3 Å². The van der Waals surface area contributed by atoms with Gasteiger partial charge in [0, 0.05) is 43.4 Å². The Balaban J connectivity index is 0.00000176. The average molecular weight is 343 g/mol. The number of aryl methyl sites for hydroxylation is 1. The Morgan fingerprint density at radius 2 is 2.32 bits per heavy atom. The highest BCUT2D eigenvalue weighted by atomic mass is 35.5. The third kappa shape index (κ3) is 4.28. The first kappa shape index (κ1) is 16.9. The Labute approximate surface area is 139 Å². The molecule has 1 fully saturated rings. The van der Waals surface area contributed by atoms with Crippen molar-refractivity contribution in [3.8, 4) is 11.4 Å². The summed E-state index contributed by atoms with van der Waals surface area (Å²) in [5, 5.41) is 11.2. The molecule has 0 unspecified atom stereocenters. The van der Waals surface area contributed by atoms with Gasteiger partial charge in [0.1, 0.15) is 0 Å². The van der Waals surface area contributed by atoms with Crippen molar-refractivity contribution in [3.63, 3.8) is 0 Å². The number of hydrogen-bond acceptors (Lipinski definition) is 6. The average Bonchev–Trinajstić information content (AvgIpc) is 3.11. The van der Waals surface area contributed by atoms with Crippen LogP contribution in [0, 0.1) is 0 Å². The van der Waals surface area contributed by atoms with Crippen LogP contribution < -0.4 is 5.32 Å². The molecule has 6 nitrogen and oxygen atoms in total. The van der Waals surface area contributed by atoms with Crippen LogP contribution in [0.4, 0.5) is 0 Å². The largest absolute Gasteiger partial charge is 0.341 e. The number of aromatic nitrogens is 2. The third-order valence-electron chi connectivity index (χ3n) is 3.49. The van der Waals surface area contributed by atoms with Crippen molar-refractivity contribution in [3.05, 3.63) is 22.7 Å². The maximum Gasteiger partial charge on any atom is 0.227 e. The van der Waals surface area contributed by atoms with Crippen LogP contribution in [0.1, 0.15) is 18.7 Å². The topological polar surface area (TPSA) is 71.3 Å². The number of halogens is 1. The summed E-state index contributed by atoms with van der Waals surface area (Å²) in [7, 11) is 0. The van der Waals surface area contributed by atoms with Crippen LogP contribution >= 0.6 is 23.7 Å². The van der Waals surface area contributed by atoms with E-state index in [9.17, 15) is 4.79 Å². The summed E-state index contributed by atoms with van der Waals surface area (Å²) in [5.41, 5.74) is 0.958. The highest BCUT2D eigenvalue weighted by Crippen LogP contribution is 2.19. The molecule has 0 aromatic carbocycles. The molecule has 2 aromatic rings. The van der Waals surface area contributed by atoms with Gasteiger partial charge in [0.25, 0.3) is 0 Å². The van der Waals surface area contributed by atoms with Gasteiger partial charge in [-0.2, -0.15) is 16.3 Å². The molecule has 1 amide bonds. The third-order valence-corrected chi connectivity index (χ3v) is 4.18. The van der Waals surface area contributed by atoms with Gasteiger partial charge in [0.05, 0.1) is 0 Å². The highest BCUT2D eigenvalue weighted by Gasteiger charge is 2.17. The summed E-state index contributed by atoms with van der Waals surface area (Å²) in [6.45, 7) is 3.46. The molecule has 3 rings (SSSR count). The maximum atomic E-state index is 12.2. The van der Waals surface area contributed by atoms with Crippen molar-refractivity contribution in [1.82, 2.24) is 20.4 Å². The van der Waals surface area contributed by atoms with Gasteiger partial charge >= 0.3 is 0 Å². The van der Waals surface area contributed by atoms with Crippen molar-refractivity contribution in [2.45, 2.75) is 19.3 Å². The lowest BCUT2D eigenvalue weighted by molar-refractivity contribution is -0.131. The van der Waals surface area contributed by atoms with Crippen LogP contribution in [-0.4, -0.2) is 47.1 Å². The normalized spacial score (nSPS) is 15.2. The number of carbonyl (C=O) groups excluding carboxylic acids is 1. The van der Waals surface area contributed by atoms with E-state index in [0.29, 0.717) is 24.6 Å². The molecule has 0 bridgehead atoms. The fourth-order valence-electron chi connectivity index (χ4n) is 2.33. The number of hydrogen-bond donors (Lipinski definition) is 1. The second-order valence-corrected chi connectivity index (χ2v) is 5.79.